The number of hydrogen-bond acceptors (Lipinski definition) is 5. The molecule has 0 atom stereocenters. The highest BCUT2D eigenvalue weighted by Crippen LogP contribution is 2.31. The summed E-state index contributed by atoms with van der Waals surface area (Å²) in [5.74, 6) is -0.280. The number of methoxy groups -OCH3 is 1. The summed E-state index contributed by atoms with van der Waals surface area (Å²) in [7, 11) is -2.66. The zero-order chi connectivity index (χ0) is 18.4. The molecule has 0 radical (unpaired) electrons. The van der Waals surface area contributed by atoms with E-state index in [1.807, 2.05) is 0 Å². The van der Waals surface area contributed by atoms with Crippen molar-refractivity contribution in [1.82, 2.24) is 9.97 Å². The van der Waals surface area contributed by atoms with Crippen molar-refractivity contribution in [2.24, 2.45) is 0 Å². The van der Waals surface area contributed by atoms with Gasteiger partial charge in [-0.3, -0.25) is 0 Å². The molecule has 22 heavy (non-hydrogen) atoms. The van der Waals surface area contributed by atoms with Gasteiger partial charge < -0.3 is 16.2 Å². The Bertz CT molecular complexity index is 981. The first-order valence-corrected chi connectivity index (χ1v) is 6.53. The second-order valence-electron chi connectivity index (χ2n) is 4.57. The van der Waals surface area contributed by atoms with Crippen molar-refractivity contribution < 1.29 is 13.2 Å². The lowest BCUT2D eigenvalue weighted by molar-refractivity contribution is 0.417. The van der Waals surface area contributed by atoms with E-state index in [2.05, 4.69) is 9.97 Å². The number of nitrogens with two attached hydrogens (primary N) is 2. The Morgan fingerprint density at radius 1 is 1.23 bits per heavy atom. The van der Waals surface area contributed by atoms with Crippen LogP contribution in [0.15, 0.2) is 30.3 Å². The lowest BCUT2D eigenvalue weighted by Crippen LogP contribution is -2.00. The van der Waals surface area contributed by atoms with Crippen LogP contribution in [0.3, 0.4) is 0 Å². The summed E-state index contributed by atoms with van der Waals surface area (Å²) >= 11 is 5.78. The van der Waals surface area contributed by atoms with E-state index in [-0.39, 0.29) is 28.1 Å². The first-order chi connectivity index (χ1) is 11.6. The predicted molar refractivity (Wildman–Crippen MR) is 85.3 cm³/mol. The minimum absolute atomic E-state index is 0.0475. The maximum absolute atomic E-state index is 13.3. The first-order valence-electron chi connectivity index (χ1n) is 7.65. The molecule has 0 aliphatic carbocycles. The summed E-state index contributed by atoms with van der Waals surface area (Å²) in [6, 6.07) is 6.82. The average Bonchev–Trinajstić information content (AvgIpc) is 2.50. The monoisotopic (exact) mass is 321 g/mol. The molecule has 0 fully saturated rings. The smallest absolute Gasteiger partial charge is 0.162 e. The zero-order valence-corrected chi connectivity index (χ0v) is 11.9. The molecular weight excluding hydrogens is 307 g/mol. The Morgan fingerprint density at radius 2 is 2.05 bits per heavy atom. The molecule has 5 nitrogen and oxygen atoms in total. The summed E-state index contributed by atoms with van der Waals surface area (Å²) in [5.41, 5.74) is 12.6. The topological polar surface area (TPSA) is 87.0 Å². The third kappa shape index (κ3) is 2.37. The van der Waals surface area contributed by atoms with Crippen molar-refractivity contribution in [3.63, 3.8) is 0 Å². The van der Waals surface area contributed by atoms with Gasteiger partial charge >= 0.3 is 0 Å². The van der Waals surface area contributed by atoms with Gasteiger partial charge in [0.2, 0.25) is 0 Å². The third-order valence-corrected chi connectivity index (χ3v) is 3.43. The van der Waals surface area contributed by atoms with Crippen molar-refractivity contribution in [3.05, 3.63) is 41.2 Å². The van der Waals surface area contributed by atoms with Crippen molar-refractivity contribution >= 4 is 34.0 Å². The molecule has 7 heteroatoms. The molecule has 0 aliphatic rings. The molecular formula is C15H12ClFN4O. The van der Waals surface area contributed by atoms with Gasteiger partial charge in [0, 0.05) is 17.0 Å². The van der Waals surface area contributed by atoms with Gasteiger partial charge in [-0.15, -0.1) is 0 Å². The quantitative estimate of drug-likeness (QED) is 0.707. The second-order valence-corrected chi connectivity index (χ2v) is 4.98. The van der Waals surface area contributed by atoms with Gasteiger partial charge in [-0.25, -0.2) is 14.4 Å². The lowest BCUT2D eigenvalue weighted by Gasteiger charge is -2.09. The van der Waals surface area contributed by atoms with Gasteiger partial charge in [0.15, 0.2) is 5.82 Å². The number of fused-ring (bicyclic) bond motifs is 1. The average molecular weight is 322 g/mol. The predicted octanol–water partition coefficient (Wildman–Crippen LogP) is 3.26. The highest BCUT2D eigenvalue weighted by Gasteiger charge is 2.12. The van der Waals surface area contributed by atoms with Crippen LogP contribution in [-0.2, 0) is 0 Å². The van der Waals surface area contributed by atoms with Gasteiger partial charge in [-0.2, -0.15) is 0 Å². The van der Waals surface area contributed by atoms with E-state index < -0.39 is 12.9 Å². The largest absolute Gasteiger partial charge is 0.495 e. The SMILES string of the molecule is [2H]C([2H])([2H])Oc1cc2nc(-c3ccc(F)c(Cl)c3)nc(N)c2cc1N. The van der Waals surface area contributed by atoms with Gasteiger partial charge in [0.1, 0.15) is 17.4 Å². The fourth-order valence-corrected chi connectivity index (χ4v) is 2.23. The van der Waals surface area contributed by atoms with Crippen LogP contribution in [0.4, 0.5) is 15.9 Å². The lowest BCUT2D eigenvalue weighted by atomic mass is 10.1. The van der Waals surface area contributed by atoms with Crippen LogP contribution in [-0.4, -0.2) is 17.0 Å². The highest BCUT2D eigenvalue weighted by atomic mass is 35.5. The van der Waals surface area contributed by atoms with E-state index >= 15 is 0 Å². The number of rotatable bonds is 2. The van der Waals surface area contributed by atoms with Crippen molar-refractivity contribution in [2.75, 3.05) is 18.5 Å². The molecule has 0 aliphatic heterocycles. The molecule has 1 aromatic heterocycles. The molecule has 0 unspecified atom stereocenters. The summed E-state index contributed by atoms with van der Waals surface area (Å²) in [5, 5.41) is 0.357. The van der Waals surface area contributed by atoms with Crippen LogP contribution in [0.25, 0.3) is 22.3 Å². The number of halogens is 2. The number of nitrogen functional groups attached to an aromatic ring is 2. The zero-order valence-electron chi connectivity index (χ0n) is 14.1. The third-order valence-electron chi connectivity index (χ3n) is 3.14. The fraction of sp³-hybridized carbons (Fsp3) is 0.0667. The molecule has 0 bridgehead atoms. The van der Waals surface area contributed by atoms with E-state index in [0.29, 0.717) is 16.5 Å². The van der Waals surface area contributed by atoms with Gasteiger partial charge in [0.25, 0.3) is 0 Å². The summed E-state index contributed by atoms with van der Waals surface area (Å²) in [4.78, 5) is 8.48. The number of aromatic nitrogens is 2. The Balaban J connectivity index is 2.16. The van der Waals surface area contributed by atoms with E-state index in [1.165, 1.54) is 30.3 Å². The van der Waals surface area contributed by atoms with Crippen molar-refractivity contribution in [3.8, 4) is 17.1 Å². The van der Waals surface area contributed by atoms with E-state index in [4.69, 9.17) is 31.9 Å². The van der Waals surface area contributed by atoms with Crippen LogP contribution in [0.5, 0.6) is 5.75 Å². The first kappa shape index (κ1) is 11.0. The second kappa shape index (κ2) is 5.31. The molecule has 2 aromatic carbocycles. The van der Waals surface area contributed by atoms with Crippen LogP contribution >= 0.6 is 11.6 Å². The minimum Gasteiger partial charge on any atom is -0.495 e. The highest BCUT2D eigenvalue weighted by molar-refractivity contribution is 6.31. The summed E-state index contributed by atoms with van der Waals surface area (Å²) in [6.07, 6.45) is 0. The molecule has 3 rings (SSSR count). The molecule has 0 spiro atoms. The number of ether oxygens (including phenoxy) is 1. The normalized spacial score (nSPS) is 13.5. The van der Waals surface area contributed by atoms with Crippen LogP contribution in [0.2, 0.25) is 5.02 Å². The fourth-order valence-electron chi connectivity index (χ4n) is 2.05. The van der Waals surface area contributed by atoms with Crippen LogP contribution < -0.4 is 16.2 Å². The Morgan fingerprint density at radius 3 is 2.77 bits per heavy atom. The molecule has 0 saturated heterocycles. The Hall–Kier alpha value is -2.60. The number of nitrogens with zero attached hydrogens (tertiary/aromatic N) is 2. The Kier molecular flexibility index (Phi) is 2.66. The molecule has 3 aromatic rings. The van der Waals surface area contributed by atoms with E-state index in [9.17, 15) is 4.39 Å². The van der Waals surface area contributed by atoms with E-state index in [0.717, 1.165) is 0 Å². The molecule has 1 heterocycles. The summed E-state index contributed by atoms with van der Waals surface area (Å²) < 4.78 is 39.7. The Labute approximate surface area is 134 Å². The van der Waals surface area contributed by atoms with E-state index in [1.54, 1.807) is 0 Å². The number of anilines is 2. The number of hydrogen-bond donors (Lipinski definition) is 2. The standard InChI is InChI=1S/C15H12ClFN4O/c1-22-13-6-12-8(5-11(13)18)14(19)21-15(20-12)7-2-3-10(17)9(16)4-7/h2-6H,18H2,1H3,(H2,19,20,21)/i1D3. The number of benzene rings is 2. The van der Waals surface area contributed by atoms with Gasteiger partial charge in [-0.05, 0) is 24.3 Å². The molecule has 4 N–H and O–H groups in total. The molecule has 112 valence electrons. The van der Waals surface area contributed by atoms with Gasteiger partial charge in [0.05, 0.1) is 27.4 Å². The van der Waals surface area contributed by atoms with Gasteiger partial charge in [-0.1, -0.05) is 11.6 Å². The van der Waals surface area contributed by atoms with Crippen LogP contribution in [0, 0.1) is 5.82 Å². The molecule has 0 saturated carbocycles. The summed E-state index contributed by atoms with van der Waals surface area (Å²) in [6.45, 7) is 0. The van der Waals surface area contributed by atoms with Crippen molar-refractivity contribution in [2.45, 2.75) is 0 Å². The maximum atomic E-state index is 13.3. The van der Waals surface area contributed by atoms with Crippen LogP contribution in [0.1, 0.15) is 4.11 Å². The minimum atomic E-state index is -2.66. The van der Waals surface area contributed by atoms with Crippen molar-refractivity contribution in [1.29, 1.82) is 0 Å². The molecule has 0 amide bonds. The maximum Gasteiger partial charge on any atom is 0.162 e.